The van der Waals surface area contributed by atoms with Crippen molar-refractivity contribution >= 4 is 38.5 Å². The minimum Gasteiger partial charge on any atom is -0.392 e. The van der Waals surface area contributed by atoms with Crippen molar-refractivity contribution in [3.8, 4) is 0 Å². The molecular weight excluding hydrogens is 391 g/mol. The maximum Gasteiger partial charge on any atom is 0.328 e. The van der Waals surface area contributed by atoms with E-state index in [0.29, 0.717) is 3.57 Å². The largest absolute Gasteiger partial charge is 0.392 e. The predicted octanol–water partition coefficient (Wildman–Crippen LogP) is 0.802. The van der Waals surface area contributed by atoms with Gasteiger partial charge in [0.25, 0.3) is 5.56 Å². The maximum absolute atomic E-state index is 11.4. The molecular formula is C9H10BrIN2O3. The molecule has 16 heavy (non-hydrogen) atoms. The Labute approximate surface area is 113 Å². The molecule has 0 aliphatic carbocycles. The molecule has 0 bridgehead atoms. The van der Waals surface area contributed by atoms with E-state index in [4.69, 9.17) is 5.11 Å². The summed E-state index contributed by atoms with van der Waals surface area (Å²) in [5.74, 6) is 0. The number of rotatable bonds is 3. The molecule has 5 nitrogen and oxygen atoms in total. The molecule has 0 unspecified atom stereocenters. The number of aromatic amines is 1. The number of aromatic nitrogens is 2. The quantitative estimate of drug-likeness (QED) is 0.737. The molecule has 2 N–H and O–H groups in total. The fourth-order valence-corrected chi connectivity index (χ4v) is 1.84. The first kappa shape index (κ1) is 13.7. The van der Waals surface area contributed by atoms with Gasteiger partial charge in [0, 0.05) is 10.7 Å². The van der Waals surface area contributed by atoms with Crippen LogP contribution in [-0.2, 0) is 6.54 Å². The van der Waals surface area contributed by atoms with E-state index >= 15 is 0 Å². The number of allylic oxidation sites excluding steroid dienone is 1. The molecule has 0 saturated heterocycles. The van der Waals surface area contributed by atoms with Gasteiger partial charge in [-0.1, -0.05) is 15.9 Å². The first-order valence-electron chi connectivity index (χ1n) is 4.40. The Morgan fingerprint density at radius 1 is 1.62 bits per heavy atom. The lowest BCUT2D eigenvalue weighted by Crippen LogP contribution is -2.31. The topological polar surface area (TPSA) is 75.1 Å². The zero-order chi connectivity index (χ0) is 12.3. The second kappa shape index (κ2) is 5.78. The molecule has 0 saturated carbocycles. The molecule has 0 amide bonds. The summed E-state index contributed by atoms with van der Waals surface area (Å²) < 4.78 is 2.53. The van der Waals surface area contributed by atoms with E-state index in [1.165, 1.54) is 10.8 Å². The number of nitrogens with one attached hydrogen (secondary N) is 1. The number of aliphatic hydroxyl groups is 1. The highest BCUT2D eigenvalue weighted by atomic mass is 127. The normalized spacial score (nSPS) is 12.5. The molecule has 1 rings (SSSR count). The summed E-state index contributed by atoms with van der Waals surface area (Å²) in [6.07, 6.45) is 1.48. The van der Waals surface area contributed by atoms with E-state index < -0.39 is 5.69 Å². The average Bonchev–Trinajstić information content (AvgIpc) is 2.24. The van der Waals surface area contributed by atoms with E-state index in [9.17, 15) is 9.59 Å². The van der Waals surface area contributed by atoms with Crippen molar-refractivity contribution < 1.29 is 5.11 Å². The highest BCUT2D eigenvalue weighted by Crippen LogP contribution is 2.13. The van der Waals surface area contributed by atoms with E-state index in [-0.39, 0.29) is 18.7 Å². The number of H-pyrrole nitrogens is 1. The van der Waals surface area contributed by atoms with Crippen LogP contribution >= 0.6 is 38.5 Å². The van der Waals surface area contributed by atoms with E-state index in [0.717, 1.165) is 10.1 Å². The van der Waals surface area contributed by atoms with E-state index in [1.807, 2.05) is 22.6 Å². The Hall–Kier alpha value is -0.410. The molecule has 1 aromatic heterocycles. The molecule has 0 aliphatic heterocycles. The molecule has 7 heteroatoms. The predicted molar refractivity (Wildman–Crippen MR) is 72.8 cm³/mol. The second-order valence-corrected chi connectivity index (χ2v) is 5.33. The zero-order valence-corrected chi connectivity index (χ0v) is 12.2. The highest BCUT2D eigenvalue weighted by molar-refractivity contribution is 14.1. The molecule has 1 heterocycles. The number of aliphatic hydroxyl groups excluding tert-OH is 1. The van der Waals surface area contributed by atoms with Crippen LogP contribution in [-0.4, -0.2) is 21.3 Å². The van der Waals surface area contributed by atoms with Gasteiger partial charge in [0.05, 0.1) is 16.7 Å². The Morgan fingerprint density at radius 2 is 2.25 bits per heavy atom. The van der Waals surface area contributed by atoms with Crippen molar-refractivity contribution in [2.75, 3.05) is 6.61 Å². The number of halogens is 2. The third-order valence-corrected chi connectivity index (χ3v) is 3.67. The minimum absolute atomic E-state index is 0.0736. The Morgan fingerprint density at radius 3 is 2.81 bits per heavy atom. The van der Waals surface area contributed by atoms with Gasteiger partial charge in [-0.25, -0.2) is 4.79 Å². The van der Waals surface area contributed by atoms with Crippen molar-refractivity contribution in [3.63, 3.8) is 0 Å². The molecule has 0 aromatic carbocycles. The molecule has 1 aromatic rings. The first-order valence-corrected chi connectivity index (χ1v) is 6.27. The fourth-order valence-electron chi connectivity index (χ4n) is 0.970. The van der Waals surface area contributed by atoms with Gasteiger partial charge in [-0.3, -0.25) is 14.3 Å². The second-order valence-electron chi connectivity index (χ2n) is 3.21. The van der Waals surface area contributed by atoms with Gasteiger partial charge in [0.1, 0.15) is 0 Å². The summed E-state index contributed by atoms with van der Waals surface area (Å²) in [6, 6.07) is 0. The smallest absolute Gasteiger partial charge is 0.328 e. The lowest BCUT2D eigenvalue weighted by molar-refractivity contribution is 0.330. The zero-order valence-electron chi connectivity index (χ0n) is 8.46. The summed E-state index contributed by atoms with van der Waals surface area (Å²) in [7, 11) is 0. The first-order chi connectivity index (χ1) is 7.45. The van der Waals surface area contributed by atoms with Crippen LogP contribution < -0.4 is 11.2 Å². The van der Waals surface area contributed by atoms with Crippen LogP contribution in [0.3, 0.4) is 0 Å². The summed E-state index contributed by atoms with van der Waals surface area (Å²) in [5, 5.41) is 8.92. The maximum atomic E-state index is 11.4. The summed E-state index contributed by atoms with van der Waals surface area (Å²) in [5.41, 5.74) is -0.109. The SMILES string of the molecule is C/C(CO)=C(\Br)Cn1cc(I)c(=O)[nH]c1=O. The molecule has 0 radical (unpaired) electrons. The van der Waals surface area contributed by atoms with Gasteiger partial charge in [-0.2, -0.15) is 0 Å². The van der Waals surface area contributed by atoms with Crippen LogP contribution in [0, 0.1) is 3.57 Å². The van der Waals surface area contributed by atoms with E-state index in [2.05, 4.69) is 20.9 Å². The molecule has 0 aliphatic rings. The van der Waals surface area contributed by atoms with Gasteiger partial charge >= 0.3 is 5.69 Å². The number of nitrogens with zero attached hydrogens (tertiary/aromatic N) is 1. The van der Waals surface area contributed by atoms with Crippen molar-refractivity contribution in [2.24, 2.45) is 0 Å². The number of hydrogen-bond acceptors (Lipinski definition) is 3. The van der Waals surface area contributed by atoms with Gasteiger partial charge < -0.3 is 5.11 Å². The van der Waals surface area contributed by atoms with Crippen LogP contribution in [0.25, 0.3) is 0 Å². The van der Waals surface area contributed by atoms with Crippen molar-refractivity contribution in [1.82, 2.24) is 9.55 Å². The Balaban J connectivity index is 3.13. The van der Waals surface area contributed by atoms with Crippen molar-refractivity contribution in [2.45, 2.75) is 13.5 Å². The fraction of sp³-hybridized carbons (Fsp3) is 0.333. The van der Waals surface area contributed by atoms with Crippen LogP contribution in [0.1, 0.15) is 6.92 Å². The third kappa shape index (κ3) is 3.29. The lowest BCUT2D eigenvalue weighted by Gasteiger charge is -2.06. The van der Waals surface area contributed by atoms with Crippen molar-refractivity contribution in [1.29, 1.82) is 0 Å². The van der Waals surface area contributed by atoms with Crippen LogP contribution in [0.2, 0.25) is 0 Å². The lowest BCUT2D eigenvalue weighted by atomic mass is 10.3. The van der Waals surface area contributed by atoms with Gasteiger partial charge in [0.15, 0.2) is 0 Å². The minimum atomic E-state index is -0.465. The highest BCUT2D eigenvalue weighted by Gasteiger charge is 2.04. The standard InChI is InChI=1S/C9H10BrIN2O3/c1-5(4-14)6(10)2-13-3-7(11)8(15)12-9(13)16/h3,14H,2,4H2,1H3,(H,12,15,16)/b6-5+. The van der Waals surface area contributed by atoms with Crippen LogP contribution in [0.15, 0.2) is 25.8 Å². The average molecular weight is 401 g/mol. The molecule has 0 spiro atoms. The van der Waals surface area contributed by atoms with E-state index in [1.54, 1.807) is 6.92 Å². The van der Waals surface area contributed by atoms with Crippen molar-refractivity contribution in [3.05, 3.63) is 40.7 Å². The Bertz CT molecular complexity index is 532. The molecule has 88 valence electrons. The Kier molecular flexibility index (Phi) is 4.93. The summed E-state index contributed by atoms with van der Waals surface area (Å²) in [6.45, 7) is 1.97. The van der Waals surface area contributed by atoms with Gasteiger partial charge in [-0.05, 0) is 35.1 Å². The molecule has 0 atom stereocenters. The molecule has 0 fully saturated rings. The van der Waals surface area contributed by atoms with Gasteiger partial charge in [-0.15, -0.1) is 0 Å². The third-order valence-electron chi connectivity index (χ3n) is 1.98. The summed E-state index contributed by atoms with van der Waals surface area (Å²) >= 11 is 5.14. The van der Waals surface area contributed by atoms with Crippen LogP contribution in [0.4, 0.5) is 0 Å². The summed E-state index contributed by atoms with van der Waals surface area (Å²) in [4.78, 5) is 24.8. The monoisotopic (exact) mass is 400 g/mol. The van der Waals surface area contributed by atoms with Gasteiger partial charge in [0.2, 0.25) is 0 Å². The number of hydrogen-bond donors (Lipinski definition) is 2. The van der Waals surface area contributed by atoms with Crippen LogP contribution in [0.5, 0.6) is 0 Å².